The summed E-state index contributed by atoms with van der Waals surface area (Å²) in [6.07, 6.45) is 0.683. The first-order valence-electron chi connectivity index (χ1n) is 5.63. The number of nitrogens with one attached hydrogen (secondary N) is 1. The maximum Gasteiger partial charge on any atom is 0.240 e. The summed E-state index contributed by atoms with van der Waals surface area (Å²) in [5.74, 6) is 1.22. The summed E-state index contributed by atoms with van der Waals surface area (Å²) < 4.78 is 0. The zero-order valence-corrected chi connectivity index (χ0v) is 10.4. The van der Waals surface area contributed by atoms with Crippen LogP contribution in [0.3, 0.4) is 0 Å². The van der Waals surface area contributed by atoms with Gasteiger partial charge < -0.3 is 16.8 Å². The fourth-order valence-corrected chi connectivity index (χ4v) is 1.48. The van der Waals surface area contributed by atoms with Crippen molar-refractivity contribution < 1.29 is 4.79 Å². The van der Waals surface area contributed by atoms with Gasteiger partial charge in [-0.1, -0.05) is 20.8 Å². The van der Waals surface area contributed by atoms with Crippen LogP contribution in [0.25, 0.3) is 0 Å². The lowest BCUT2D eigenvalue weighted by molar-refractivity contribution is -0.119. The fourth-order valence-electron chi connectivity index (χ4n) is 1.48. The van der Waals surface area contributed by atoms with Gasteiger partial charge in [0.25, 0.3) is 0 Å². The Balaban J connectivity index is 2.93. The van der Waals surface area contributed by atoms with E-state index >= 15 is 0 Å². The minimum absolute atomic E-state index is 0.0776. The van der Waals surface area contributed by atoms with E-state index < -0.39 is 11.9 Å². The molecule has 0 bridgehead atoms. The third-order valence-corrected chi connectivity index (χ3v) is 2.39. The third kappa shape index (κ3) is 3.58. The largest absolute Gasteiger partial charge is 0.384 e. The molecule has 1 atom stereocenters. The molecule has 0 radical (unpaired) electrons. The molecule has 0 aliphatic heterocycles. The molecule has 17 heavy (non-hydrogen) atoms. The van der Waals surface area contributed by atoms with Crippen molar-refractivity contribution in [3.63, 3.8) is 0 Å². The quantitative estimate of drug-likeness (QED) is 0.693. The molecule has 1 rings (SSSR count). The Kier molecular flexibility index (Phi) is 4.25. The SMILES string of the molecule is CCc1nc(N)cc(NC(C(N)=O)C(C)C)n1. The van der Waals surface area contributed by atoms with Gasteiger partial charge in [0.1, 0.15) is 23.5 Å². The molecule has 0 aromatic carbocycles. The molecule has 0 spiro atoms. The highest BCUT2D eigenvalue weighted by atomic mass is 16.1. The Morgan fingerprint density at radius 3 is 2.59 bits per heavy atom. The molecule has 6 heteroatoms. The van der Waals surface area contributed by atoms with Crippen molar-refractivity contribution in [1.29, 1.82) is 0 Å². The fraction of sp³-hybridized carbons (Fsp3) is 0.545. The highest BCUT2D eigenvalue weighted by molar-refractivity contribution is 5.83. The van der Waals surface area contributed by atoms with Crippen LogP contribution in [0.4, 0.5) is 11.6 Å². The number of rotatable bonds is 5. The highest BCUT2D eigenvalue weighted by Gasteiger charge is 2.19. The van der Waals surface area contributed by atoms with Crippen LogP contribution >= 0.6 is 0 Å². The number of nitrogens with two attached hydrogens (primary N) is 2. The molecule has 1 aromatic heterocycles. The first-order valence-corrected chi connectivity index (χ1v) is 5.63. The summed E-state index contributed by atoms with van der Waals surface area (Å²) in [6.45, 7) is 5.76. The zero-order valence-electron chi connectivity index (χ0n) is 10.4. The molecule has 1 heterocycles. The van der Waals surface area contributed by atoms with Crippen LogP contribution < -0.4 is 16.8 Å². The van der Waals surface area contributed by atoms with Crippen molar-refractivity contribution in [1.82, 2.24) is 9.97 Å². The van der Waals surface area contributed by atoms with Crippen LogP contribution in [0.15, 0.2) is 6.07 Å². The van der Waals surface area contributed by atoms with E-state index in [0.29, 0.717) is 23.9 Å². The normalized spacial score (nSPS) is 12.5. The Bertz CT molecular complexity index is 405. The van der Waals surface area contributed by atoms with Gasteiger partial charge in [0, 0.05) is 12.5 Å². The second kappa shape index (κ2) is 5.47. The number of aryl methyl sites for hydroxylation is 1. The second-order valence-electron chi connectivity index (χ2n) is 4.22. The van der Waals surface area contributed by atoms with Gasteiger partial charge in [0.05, 0.1) is 0 Å². The molecular formula is C11H19N5O. The highest BCUT2D eigenvalue weighted by Crippen LogP contribution is 2.13. The standard InChI is InChI=1S/C11H19N5O/c1-4-8-14-7(12)5-9(15-8)16-10(6(2)3)11(13)17/h5-6,10H,4H2,1-3H3,(H2,13,17)(H3,12,14,15,16). The molecule has 0 aliphatic carbocycles. The molecular weight excluding hydrogens is 218 g/mol. The molecule has 1 unspecified atom stereocenters. The van der Waals surface area contributed by atoms with E-state index in [2.05, 4.69) is 15.3 Å². The summed E-state index contributed by atoms with van der Waals surface area (Å²) in [6, 6.07) is 1.13. The van der Waals surface area contributed by atoms with Crippen molar-refractivity contribution in [2.75, 3.05) is 11.1 Å². The van der Waals surface area contributed by atoms with Gasteiger partial charge in [-0.2, -0.15) is 0 Å². The number of anilines is 2. The molecule has 1 aromatic rings. The van der Waals surface area contributed by atoms with Gasteiger partial charge in [0.2, 0.25) is 5.91 Å². The minimum Gasteiger partial charge on any atom is -0.384 e. The minimum atomic E-state index is -0.464. The van der Waals surface area contributed by atoms with Crippen molar-refractivity contribution in [2.24, 2.45) is 11.7 Å². The number of aromatic nitrogens is 2. The summed E-state index contributed by atoms with van der Waals surface area (Å²) in [5, 5.41) is 2.99. The van der Waals surface area contributed by atoms with Gasteiger partial charge in [-0.15, -0.1) is 0 Å². The maximum atomic E-state index is 11.3. The zero-order chi connectivity index (χ0) is 13.0. The van der Waals surface area contributed by atoms with Crippen LogP contribution in [-0.2, 0) is 11.2 Å². The van der Waals surface area contributed by atoms with Crippen LogP contribution in [0.1, 0.15) is 26.6 Å². The summed E-state index contributed by atoms with van der Waals surface area (Å²) in [5.41, 5.74) is 11.0. The molecule has 0 aliphatic rings. The molecule has 1 amide bonds. The lowest BCUT2D eigenvalue weighted by Crippen LogP contribution is -2.39. The van der Waals surface area contributed by atoms with Gasteiger partial charge in [-0.3, -0.25) is 4.79 Å². The smallest absolute Gasteiger partial charge is 0.240 e. The number of hydrogen-bond donors (Lipinski definition) is 3. The van der Waals surface area contributed by atoms with Crippen molar-refractivity contribution >= 4 is 17.5 Å². The monoisotopic (exact) mass is 237 g/mol. The Hall–Kier alpha value is -1.85. The van der Waals surface area contributed by atoms with E-state index in [4.69, 9.17) is 11.5 Å². The predicted molar refractivity (Wildman–Crippen MR) is 67.3 cm³/mol. The number of hydrogen-bond acceptors (Lipinski definition) is 5. The number of amides is 1. The van der Waals surface area contributed by atoms with Crippen LogP contribution in [0.2, 0.25) is 0 Å². The van der Waals surface area contributed by atoms with Crippen LogP contribution in [-0.4, -0.2) is 21.9 Å². The average Bonchev–Trinajstić information content (AvgIpc) is 2.24. The number of primary amides is 1. The van der Waals surface area contributed by atoms with E-state index in [1.165, 1.54) is 0 Å². The Morgan fingerprint density at radius 2 is 2.12 bits per heavy atom. The molecule has 0 saturated carbocycles. The van der Waals surface area contributed by atoms with Crippen LogP contribution in [0.5, 0.6) is 0 Å². The van der Waals surface area contributed by atoms with E-state index in [-0.39, 0.29) is 5.92 Å². The van der Waals surface area contributed by atoms with Gasteiger partial charge in [-0.05, 0) is 5.92 Å². The van der Waals surface area contributed by atoms with Gasteiger partial charge in [0.15, 0.2) is 0 Å². The second-order valence-corrected chi connectivity index (χ2v) is 4.22. The molecule has 0 saturated heterocycles. The predicted octanol–water partition coefficient (Wildman–Crippen LogP) is 0.543. The third-order valence-electron chi connectivity index (χ3n) is 2.39. The topological polar surface area (TPSA) is 107 Å². The first kappa shape index (κ1) is 13.2. The summed E-state index contributed by atoms with van der Waals surface area (Å²) in [7, 11) is 0. The number of carbonyl (C=O) groups excluding carboxylic acids is 1. The number of nitrogen functional groups attached to an aromatic ring is 1. The van der Waals surface area contributed by atoms with Crippen molar-refractivity contribution in [3.8, 4) is 0 Å². The Labute approximate surface area is 101 Å². The van der Waals surface area contributed by atoms with E-state index in [0.717, 1.165) is 0 Å². The lowest BCUT2D eigenvalue weighted by Gasteiger charge is -2.19. The molecule has 5 N–H and O–H groups in total. The summed E-state index contributed by atoms with van der Waals surface area (Å²) >= 11 is 0. The molecule has 0 fully saturated rings. The van der Waals surface area contributed by atoms with E-state index in [1.807, 2.05) is 20.8 Å². The molecule has 94 valence electrons. The lowest BCUT2D eigenvalue weighted by atomic mass is 10.0. The first-order chi connectivity index (χ1) is 7.93. The van der Waals surface area contributed by atoms with Gasteiger partial charge in [-0.25, -0.2) is 9.97 Å². The molecule has 6 nitrogen and oxygen atoms in total. The van der Waals surface area contributed by atoms with Gasteiger partial charge >= 0.3 is 0 Å². The maximum absolute atomic E-state index is 11.3. The number of nitrogens with zero attached hydrogens (tertiary/aromatic N) is 2. The van der Waals surface area contributed by atoms with E-state index in [1.54, 1.807) is 6.07 Å². The average molecular weight is 237 g/mol. The van der Waals surface area contributed by atoms with E-state index in [9.17, 15) is 4.79 Å². The Morgan fingerprint density at radius 1 is 1.47 bits per heavy atom. The summed E-state index contributed by atoms with van der Waals surface area (Å²) in [4.78, 5) is 19.6. The van der Waals surface area contributed by atoms with Crippen molar-refractivity contribution in [2.45, 2.75) is 33.2 Å². The van der Waals surface area contributed by atoms with Crippen molar-refractivity contribution in [3.05, 3.63) is 11.9 Å². The number of carbonyl (C=O) groups is 1. The van der Waals surface area contributed by atoms with Crippen LogP contribution in [0, 0.1) is 5.92 Å².